The van der Waals surface area contributed by atoms with E-state index in [1.807, 2.05) is 12.1 Å². The Morgan fingerprint density at radius 2 is 1.35 bits per heavy atom. The van der Waals surface area contributed by atoms with Crippen LogP contribution in [-0.2, 0) is 16.6 Å². The van der Waals surface area contributed by atoms with Crippen LogP contribution < -0.4 is 0 Å². The van der Waals surface area contributed by atoms with E-state index in [1.54, 1.807) is 0 Å². The minimum absolute atomic E-state index is 0.103. The van der Waals surface area contributed by atoms with Gasteiger partial charge in [-0.2, -0.15) is 0 Å². The summed E-state index contributed by atoms with van der Waals surface area (Å²) in [6, 6.07) is 8.21. The third kappa shape index (κ3) is 12.8. The van der Waals surface area contributed by atoms with Crippen LogP contribution in [0.3, 0.4) is 0 Å². The van der Waals surface area contributed by atoms with E-state index in [0.29, 0.717) is 0 Å². The molecule has 0 saturated heterocycles. The second-order valence-corrected chi connectivity index (χ2v) is 6.98. The van der Waals surface area contributed by atoms with Crippen molar-refractivity contribution >= 4 is 34.1 Å². The second-order valence-electron chi connectivity index (χ2n) is 3.73. The van der Waals surface area contributed by atoms with Gasteiger partial charge in [-0.25, -0.2) is 0 Å². The van der Waals surface area contributed by atoms with E-state index >= 15 is 0 Å². The molecule has 0 bridgehead atoms. The molecule has 0 atom stereocenters. The van der Waals surface area contributed by atoms with Gasteiger partial charge in [0.25, 0.3) is 0 Å². The van der Waals surface area contributed by atoms with Gasteiger partial charge in [-0.15, -0.1) is 0 Å². The van der Waals surface area contributed by atoms with Crippen molar-refractivity contribution in [2.45, 2.75) is 5.75 Å². The van der Waals surface area contributed by atoms with Crippen molar-refractivity contribution in [3.8, 4) is 0 Å². The summed E-state index contributed by atoms with van der Waals surface area (Å²) < 4.78 is 40.1. The molecular formula is C11H16BBrF4O2S. The topological polar surface area (TPSA) is 40.5 Å². The van der Waals surface area contributed by atoms with Gasteiger partial charge in [0.05, 0.1) is 13.2 Å². The highest BCUT2D eigenvalue weighted by atomic mass is 79.9. The van der Waals surface area contributed by atoms with Crippen molar-refractivity contribution in [3.05, 3.63) is 34.3 Å². The number of halogens is 5. The molecule has 0 radical (unpaired) electrons. The van der Waals surface area contributed by atoms with E-state index in [9.17, 15) is 17.3 Å². The Labute approximate surface area is 126 Å². The predicted octanol–water partition coefficient (Wildman–Crippen LogP) is 2.85. The van der Waals surface area contributed by atoms with E-state index in [0.717, 1.165) is 21.7 Å². The molecule has 1 rings (SSSR count). The molecule has 0 saturated carbocycles. The van der Waals surface area contributed by atoms with Crippen LogP contribution >= 0.6 is 15.9 Å². The largest absolute Gasteiger partial charge is 0.673 e. The Kier molecular flexibility index (Phi) is 10.3. The number of hydrogen-bond acceptors (Lipinski definition) is 2. The molecule has 0 heterocycles. The lowest BCUT2D eigenvalue weighted by atomic mass is 10.2. The fourth-order valence-electron chi connectivity index (χ4n) is 1.32. The maximum absolute atomic E-state index is 9.75. The molecule has 116 valence electrons. The monoisotopic (exact) mass is 378 g/mol. The molecule has 20 heavy (non-hydrogen) atoms. The summed E-state index contributed by atoms with van der Waals surface area (Å²) in [5, 5.41) is 17.8. The molecule has 0 fully saturated rings. The quantitative estimate of drug-likeness (QED) is 0.454. The highest BCUT2D eigenvalue weighted by molar-refractivity contribution is 9.10. The Balaban J connectivity index is 0.000000621. The summed E-state index contributed by atoms with van der Waals surface area (Å²) in [7, 11) is -5.90. The molecule has 1 aromatic rings. The van der Waals surface area contributed by atoms with Gasteiger partial charge in [-0.1, -0.05) is 28.1 Å². The lowest BCUT2D eigenvalue weighted by Gasteiger charge is -2.06. The first-order valence-corrected chi connectivity index (χ1v) is 8.26. The summed E-state index contributed by atoms with van der Waals surface area (Å²) >= 11 is 3.40. The van der Waals surface area contributed by atoms with Gasteiger partial charge < -0.3 is 27.5 Å². The number of rotatable bonds is 6. The van der Waals surface area contributed by atoms with Crippen LogP contribution in [0.15, 0.2) is 28.7 Å². The van der Waals surface area contributed by atoms with Crippen LogP contribution in [0, 0.1) is 0 Å². The molecule has 9 heteroatoms. The van der Waals surface area contributed by atoms with Gasteiger partial charge in [0.1, 0.15) is 17.3 Å². The van der Waals surface area contributed by atoms with Crippen molar-refractivity contribution in [1.29, 1.82) is 0 Å². The Hall–Kier alpha value is -0.245. The molecule has 0 unspecified atom stereocenters. The molecular weight excluding hydrogens is 363 g/mol. The lowest BCUT2D eigenvalue weighted by molar-refractivity contribution is 0.316. The third-order valence-corrected chi connectivity index (χ3v) is 4.83. The molecule has 0 aliphatic carbocycles. The number of benzene rings is 1. The van der Waals surface area contributed by atoms with E-state index in [-0.39, 0.29) is 24.1 Å². The van der Waals surface area contributed by atoms with Gasteiger partial charge >= 0.3 is 7.25 Å². The van der Waals surface area contributed by atoms with Crippen LogP contribution in [-0.4, -0.2) is 42.2 Å². The van der Waals surface area contributed by atoms with Gasteiger partial charge in [0, 0.05) is 10.0 Å². The lowest BCUT2D eigenvalue weighted by Crippen LogP contribution is -2.19. The van der Waals surface area contributed by atoms with E-state index in [4.69, 9.17) is 10.2 Å². The molecule has 2 N–H and O–H groups in total. The number of hydrogen-bond donors (Lipinski definition) is 2. The van der Waals surface area contributed by atoms with Gasteiger partial charge in [0.2, 0.25) is 0 Å². The summed E-state index contributed by atoms with van der Waals surface area (Å²) in [5.74, 6) is 2.53. The van der Waals surface area contributed by atoms with Crippen molar-refractivity contribution in [3.63, 3.8) is 0 Å². The standard InChI is InChI=1S/C11H16BrO2S.BF4/c12-11-3-1-10(2-4-11)9-15(7-5-13)8-6-14;2-1(3,4)5/h1-4,13-14H,5-9H2;/q+1;-1. The smallest absolute Gasteiger partial charge is 0.418 e. The maximum Gasteiger partial charge on any atom is 0.673 e. The Morgan fingerprint density at radius 3 is 1.70 bits per heavy atom. The average Bonchev–Trinajstić information content (AvgIpc) is 2.31. The van der Waals surface area contributed by atoms with Gasteiger partial charge in [-0.05, 0) is 23.0 Å². The summed E-state index contributed by atoms with van der Waals surface area (Å²) in [5.41, 5.74) is 1.27. The first kappa shape index (κ1) is 19.8. The summed E-state index contributed by atoms with van der Waals surface area (Å²) in [6.07, 6.45) is 0. The zero-order chi connectivity index (χ0) is 15.6. The van der Waals surface area contributed by atoms with Gasteiger partial charge in [-0.3, -0.25) is 0 Å². The second kappa shape index (κ2) is 10.5. The summed E-state index contributed by atoms with van der Waals surface area (Å²) in [4.78, 5) is 0. The number of aliphatic hydroxyl groups excluding tert-OH is 2. The van der Waals surface area contributed by atoms with Crippen LogP contribution in [0.5, 0.6) is 0 Å². The molecule has 0 aliphatic heterocycles. The number of aliphatic hydroxyl groups is 2. The van der Waals surface area contributed by atoms with Gasteiger partial charge in [0.15, 0.2) is 0 Å². The zero-order valence-electron chi connectivity index (χ0n) is 10.6. The van der Waals surface area contributed by atoms with Crippen molar-refractivity contribution < 1.29 is 27.5 Å². The van der Waals surface area contributed by atoms with Crippen LogP contribution in [0.2, 0.25) is 0 Å². The first-order valence-electron chi connectivity index (χ1n) is 5.74. The summed E-state index contributed by atoms with van der Waals surface area (Å²) in [6.45, 7) is 0.416. The zero-order valence-corrected chi connectivity index (χ0v) is 13.0. The molecule has 2 nitrogen and oxygen atoms in total. The molecule has 1 aromatic carbocycles. The van der Waals surface area contributed by atoms with Crippen LogP contribution in [0.4, 0.5) is 17.3 Å². The van der Waals surface area contributed by atoms with E-state index < -0.39 is 7.25 Å². The Bertz CT molecular complexity index is 352. The predicted molar refractivity (Wildman–Crippen MR) is 79.3 cm³/mol. The first-order chi connectivity index (χ1) is 9.26. The van der Waals surface area contributed by atoms with Crippen LogP contribution in [0.25, 0.3) is 0 Å². The van der Waals surface area contributed by atoms with Crippen molar-refractivity contribution in [2.24, 2.45) is 0 Å². The van der Waals surface area contributed by atoms with Crippen molar-refractivity contribution in [2.75, 3.05) is 24.7 Å². The highest BCUT2D eigenvalue weighted by Crippen LogP contribution is 2.14. The SMILES string of the molecule is F[B-](F)(F)F.OCC[S+](CCO)Cc1ccc(Br)cc1. The molecule has 0 spiro atoms. The fourth-order valence-corrected chi connectivity index (χ4v) is 3.26. The van der Waals surface area contributed by atoms with E-state index in [2.05, 4.69) is 28.1 Å². The normalized spacial score (nSPS) is 11.2. The minimum Gasteiger partial charge on any atom is -0.418 e. The minimum atomic E-state index is -6.00. The molecule has 0 aromatic heterocycles. The fraction of sp³-hybridized carbons (Fsp3) is 0.455. The molecule has 0 aliphatic rings. The molecule has 0 amide bonds. The van der Waals surface area contributed by atoms with Crippen LogP contribution in [0.1, 0.15) is 5.56 Å². The maximum atomic E-state index is 9.75. The Morgan fingerprint density at radius 1 is 0.950 bits per heavy atom. The average molecular weight is 379 g/mol. The van der Waals surface area contributed by atoms with E-state index in [1.165, 1.54) is 5.56 Å². The third-order valence-electron chi connectivity index (χ3n) is 2.04. The van der Waals surface area contributed by atoms with Crippen molar-refractivity contribution in [1.82, 2.24) is 0 Å². The highest BCUT2D eigenvalue weighted by Gasteiger charge is 2.20.